The molecule has 0 radical (unpaired) electrons. The van der Waals surface area contributed by atoms with Crippen LogP contribution in [-0.4, -0.2) is 66.0 Å². The quantitative estimate of drug-likeness (QED) is 0.617. The van der Waals surface area contributed by atoms with Crippen LogP contribution in [0.5, 0.6) is 5.75 Å². The summed E-state index contributed by atoms with van der Waals surface area (Å²) in [4.78, 5) is 31.5. The fraction of sp³-hybridized carbons (Fsp3) is 0.500. The van der Waals surface area contributed by atoms with Gasteiger partial charge in [0.25, 0.3) is 0 Å². The zero-order chi connectivity index (χ0) is 21.5. The van der Waals surface area contributed by atoms with Crippen molar-refractivity contribution in [1.29, 1.82) is 0 Å². The zero-order valence-corrected chi connectivity index (χ0v) is 18.3. The van der Waals surface area contributed by atoms with Crippen LogP contribution in [0.2, 0.25) is 0 Å². The SMILES string of the molecule is CNCCC(=O)N1CCC(NC(=O)Nc2cc(C)ns2)C(c2ccc(OC)cn2)C1. The monoisotopic (exact) mass is 432 g/mol. The standard InChI is InChI=1S/C20H28N6O3S/c1-13-10-18(30-25-13)24-20(28)23-17-7-9-26(19(27)6-8-21-2)12-15(17)16-5-4-14(29-3)11-22-16/h4-5,10-11,15,17,21H,6-9,12H2,1-3H3,(H2,23,24,28). The normalized spacial score (nSPS) is 18.7. The molecule has 3 heterocycles. The van der Waals surface area contributed by atoms with Gasteiger partial charge in [-0.25, -0.2) is 4.79 Å². The number of rotatable bonds is 7. The van der Waals surface area contributed by atoms with Crippen LogP contribution in [0.15, 0.2) is 24.4 Å². The lowest BCUT2D eigenvalue weighted by molar-refractivity contribution is -0.132. The predicted octanol–water partition coefficient (Wildman–Crippen LogP) is 1.97. The van der Waals surface area contributed by atoms with E-state index in [0.29, 0.717) is 43.2 Å². The molecule has 2 aromatic rings. The molecule has 0 aromatic carbocycles. The van der Waals surface area contributed by atoms with Gasteiger partial charge in [-0.3, -0.25) is 15.1 Å². The van der Waals surface area contributed by atoms with E-state index in [4.69, 9.17) is 4.74 Å². The molecule has 1 fully saturated rings. The van der Waals surface area contributed by atoms with Gasteiger partial charge < -0.3 is 20.3 Å². The first-order valence-corrected chi connectivity index (χ1v) is 10.7. The van der Waals surface area contributed by atoms with Crippen LogP contribution in [0.4, 0.5) is 9.80 Å². The number of nitrogens with zero attached hydrogens (tertiary/aromatic N) is 3. The summed E-state index contributed by atoms with van der Waals surface area (Å²) in [6.07, 6.45) is 2.76. The van der Waals surface area contributed by atoms with Crippen molar-refractivity contribution in [3.63, 3.8) is 0 Å². The minimum atomic E-state index is -0.280. The van der Waals surface area contributed by atoms with E-state index in [0.717, 1.165) is 11.4 Å². The lowest BCUT2D eigenvalue weighted by Gasteiger charge is -2.38. The van der Waals surface area contributed by atoms with Crippen LogP contribution in [0.25, 0.3) is 0 Å². The molecule has 30 heavy (non-hydrogen) atoms. The Balaban J connectivity index is 1.72. The van der Waals surface area contributed by atoms with E-state index < -0.39 is 0 Å². The van der Waals surface area contributed by atoms with Gasteiger partial charge in [-0.05, 0) is 50.1 Å². The van der Waals surface area contributed by atoms with Crippen molar-refractivity contribution in [3.8, 4) is 5.75 Å². The number of carbonyl (C=O) groups excluding carboxylic acids is 2. The highest BCUT2D eigenvalue weighted by Crippen LogP contribution is 2.28. The predicted molar refractivity (Wildman–Crippen MR) is 116 cm³/mol. The minimum Gasteiger partial charge on any atom is -0.495 e. The number of ether oxygens (including phenoxy) is 1. The van der Waals surface area contributed by atoms with Crippen molar-refractivity contribution in [2.45, 2.75) is 31.7 Å². The molecule has 1 aliphatic rings. The molecule has 162 valence electrons. The summed E-state index contributed by atoms with van der Waals surface area (Å²) in [5, 5.41) is 9.61. The second-order valence-corrected chi connectivity index (χ2v) is 8.05. The molecule has 2 unspecified atom stereocenters. The second kappa shape index (κ2) is 10.4. The number of hydrogen-bond acceptors (Lipinski definition) is 7. The summed E-state index contributed by atoms with van der Waals surface area (Å²) >= 11 is 1.25. The number of amides is 3. The number of pyridine rings is 1. The van der Waals surface area contributed by atoms with E-state index in [1.807, 2.05) is 37.1 Å². The largest absolute Gasteiger partial charge is 0.495 e. The number of urea groups is 1. The minimum absolute atomic E-state index is 0.103. The first-order valence-electron chi connectivity index (χ1n) is 9.93. The molecule has 2 aromatic heterocycles. The Morgan fingerprint density at radius 3 is 2.83 bits per heavy atom. The number of anilines is 1. The Kier molecular flexibility index (Phi) is 7.58. The molecule has 0 aliphatic carbocycles. The summed E-state index contributed by atoms with van der Waals surface area (Å²) in [6, 6.07) is 5.15. The van der Waals surface area contributed by atoms with Crippen molar-refractivity contribution in [2.75, 3.05) is 39.1 Å². The number of hydrogen-bond donors (Lipinski definition) is 3. The highest BCUT2D eigenvalue weighted by atomic mass is 32.1. The maximum Gasteiger partial charge on any atom is 0.320 e. The molecule has 9 nitrogen and oxygen atoms in total. The first-order chi connectivity index (χ1) is 14.5. The molecule has 0 bridgehead atoms. The van der Waals surface area contributed by atoms with Gasteiger partial charge in [-0.1, -0.05) is 0 Å². The maximum absolute atomic E-state index is 12.6. The summed E-state index contributed by atoms with van der Waals surface area (Å²) in [5.74, 6) is 0.655. The van der Waals surface area contributed by atoms with Crippen LogP contribution < -0.4 is 20.7 Å². The van der Waals surface area contributed by atoms with Gasteiger partial charge in [0.15, 0.2) is 0 Å². The highest BCUT2D eigenvalue weighted by molar-refractivity contribution is 7.10. The molecular formula is C20H28N6O3S. The Labute approximate surface area is 180 Å². The van der Waals surface area contributed by atoms with Gasteiger partial charge in [0.2, 0.25) is 5.91 Å². The van der Waals surface area contributed by atoms with Crippen LogP contribution in [0, 0.1) is 6.92 Å². The van der Waals surface area contributed by atoms with Crippen LogP contribution in [0.1, 0.15) is 30.1 Å². The number of nitrogens with one attached hydrogen (secondary N) is 3. The molecule has 1 saturated heterocycles. The Morgan fingerprint density at radius 1 is 1.37 bits per heavy atom. The molecule has 0 saturated carbocycles. The highest BCUT2D eigenvalue weighted by Gasteiger charge is 2.34. The lowest BCUT2D eigenvalue weighted by Crippen LogP contribution is -2.52. The number of aromatic nitrogens is 2. The van der Waals surface area contributed by atoms with E-state index in [1.165, 1.54) is 11.5 Å². The third kappa shape index (κ3) is 5.67. The molecule has 3 rings (SSSR count). The molecule has 1 aliphatic heterocycles. The fourth-order valence-corrected chi connectivity index (χ4v) is 4.17. The topological polar surface area (TPSA) is 108 Å². The number of carbonyl (C=O) groups is 2. The zero-order valence-electron chi connectivity index (χ0n) is 17.5. The van der Waals surface area contributed by atoms with Crippen molar-refractivity contribution in [1.82, 2.24) is 24.9 Å². The summed E-state index contributed by atoms with van der Waals surface area (Å²) in [6.45, 7) is 3.62. The fourth-order valence-electron chi connectivity index (χ4n) is 3.51. The molecule has 10 heteroatoms. The Morgan fingerprint density at radius 2 is 2.20 bits per heavy atom. The van der Waals surface area contributed by atoms with E-state index >= 15 is 0 Å². The van der Waals surface area contributed by atoms with Crippen molar-refractivity contribution >= 4 is 28.5 Å². The smallest absolute Gasteiger partial charge is 0.320 e. The second-order valence-electron chi connectivity index (χ2n) is 7.25. The molecule has 3 N–H and O–H groups in total. The van der Waals surface area contributed by atoms with Crippen molar-refractivity contribution < 1.29 is 14.3 Å². The number of likely N-dealkylation sites (tertiary alicyclic amines) is 1. The third-order valence-electron chi connectivity index (χ3n) is 5.11. The molecule has 0 spiro atoms. The molecule has 2 atom stereocenters. The summed E-state index contributed by atoms with van der Waals surface area (Å²) in [5.41, 5.74) is 1.69. The van der Waals surface area contributed by atoms with Gasteiger partial charge in [0.05, 0.1) is 19.0 Å². The Bertz CT molecular complexity index is 856. The van der Waals surface area contributed by atoms with E-state index in [-0.39, 0.29) is 23.9 Å². The third-order valence-corrected chi connectivity index (χ3v) is 5.91. The molecular weight excluding hydrogens is 404 g/mol. The van der Waals surface area contributed by atoms with Crippen LogP contribution >= 0.6 is 11.5 Å². The lowest BCUT2D eigenvalue weighted by atomic mass is 9.88. The average molecular weight is 433 g/mol. The van der Waals surface area contributed by atoms with E-state index in [9.17, 15) is 9.59 Å². The van der Waals surface area contributed by atoms with E-state index in [2.05, 4.69) is 25.3 Å². The van der Waals surface area contributed by atoms with Gasteiger partial charge in [0.1, 0.15) is 10.8 Å². The van der Waals surface area contributed by atoms with Crippen molar-refractivity contribution in [3.05, 3.63) is 35.8 Å². The molecule has 3 amide bonds. The maximum atomic E-state index is 12.6. The number of piperidine rings is 1. The number of methoxy groups -OCH3 is 1. The Hall–Kier alpha value is -2.72. The summed E-state index contributed by atoms with van der Waals surface area (Å²) < 4.78 is 9.38. The van der Waals surface area contributed by atoms with Gasteiger partial charge >= 0.3 is 6.03 Å². The summed E-state index contributed by atoms with van der Waals surface area (Å²) in [7, 11) is 3.42. The van der Waals surface area contributed by atoms with E-state index in [1.54, 1.807) is 13.3 Å². The van der Waals surface area contributed by atoms with Gasteiger partial charge in [-0.15, -0.1) is 0 Å². The average Bonchev–Trinajstić information content (AvgIpc) is 3.16. The van der Waals surface area contributed by atoms with Crippen LogP contribution in [0.3, 0.4) is 0 Å². The first kappa shape index (κ1) is 22.0. The van der Waals surface area contributed by atoms with Crippen LogP contribution in [-0.2, 0) is 4.79 Å². The van der Waals surface area contributed by atoms with Crippen molar-refractivity contribution in [2.24, 2.45) is 0 Å². The number of aryl methyl sites for hydroxylation is 1. The van der Waals surface area contributed by atoms with Gasteiger partial charge in [0, 0.05) is 43.7 Å². The van der Waals surface area contributed by atoms with Gasteiger partial charge in [-0.2, -0.15) is 4.37 Å².